The molecule has 0 aliphatic rings. The summed E-state index contributed by atoms with van der Waals surface area (Å²) in [7, 11) is -4.04. The van der Waals surface area contributed by atoms with Crippen LogP contribution in [0.3, 0.4) is 0 Å². The fourth-order valence-electron chi connectivity index (χ4n) is 1.93. The van der Waals surface area contributed by atoms with E-state index in [1.807, 2.05) is 0 Å². The average molecular weight is 371 g/mol. The smallest absolute Gasteiger partial charge is 0.416 e. The van der Waals surface area contributed by atoms with Crippen molar-refractivity contribution >= 4 is 27.8 Å². The predicted molar refractivity (Wildman–Crippen MR) is 85.4 cm³/mol. The lowest BCUT2D eigenvalue weighted by molar-refractivity contribution is -0.137. The van der Waals surface area contributed by atoms with Gasteiger partial charge in [-0.15, -0.1) is 0 Å². The Kier molecular flexibility index (Phi) is 5.17. The zero-order valence-corrected chi connectivity index (χ0v) is 13.3. The largest absolute Gasteiger partial charge is 0.478 e. The standard InChI is InChI=1S/C16H12F3NO4S/c17-16(18,19)12-7-8-14(11(10-12)6-9-15(21)22)20-25(23,24)13-4-2-1-3-5-13/h1-10,20H,(H,21,22). The molecule has 2 N–H and O–H groups in total. The third kappa shape index (κ3) is 4.83. The number of carbonyl (C=O) groups is 1. The minimum absolute atomic E-state index is 0.0805. The van der Waals surface area contributed by atoms with E-state index >= 15 is 0 Å². The summed E-state index contributed by atoms with van der Waals surface area (Å²) < 4.78 is 65.2. The van der Waals surface area contributed by atoms with Gasteiger partial charge in [0.15, 0.2) is 0 Å². The van der Waals surface area contributed by atoms with Crippen molar-refractivity contribution in [2.24, 2.45) is 0 Å². The van der Waals surface area contributed by atoms with E-state index in [-0.39, 0.29) is 16.1 Å². The molecule has 132 valence electrons. The Balaban J connectivity index is 2.48. The first-order valence-electron chi connectivity index (χ1n) is 6.80. The van der Waals surface area contributed by atoms with Crippen LogP contribution in [0, 0.1) is 0 Å². The molecule has 25 heavy (non-hydrogen) atoms. The second kappa shape index (κ2) is 6.98. The molecular formula is C16H12F3NO4S. The molecule has 5 nitrogen and oxygen atoms in total. The normalized spacial score (nSPS) is 12.3. The highest BCUT2D eigenvalue weighted by Gasteiger charge is 2.31. The molecule has 0 unspecified atom stereocenters. The van der Waals surface area contributed by atoms with Crippen molar-refractivity contribution in [3.63, 3.8) is 0 Å². The molecule has 0 spiro atoms. The Labute approximate surface area is 141 Å². The van der Waals surface area contributed by atoms with Crippen LogP contribution in [-0.4, -0.2) is 19.5 Å². The number of carboxylic acid groups (broad SMARTS) is 1. The maximum absolute atomic E-state index is 12.8. The molecule has 0 fully saturated rings. The van der Waals surface area contributed by atoms with Crippen molar-refractivity contribution in [1.29, 1.82) is 0 Å². The Hall–Kier alpha value is -2.81. The SMILES string of the molecule is O=C(O)C=Cc1cc(C(F)(F)F)ccc1NS(=O)(=O)c1ccccc1. The van der Waals surface area contributed by atoms with Gasteiger partial charge < -0.3 is 5.11 Å². The summed E-state index contributed by atoms with van der Waals surface area (Å²) in [5.74, 6) is -1.38. The molecule has 0 atom stereocenters. The highest BCUT2D eigenvalue weighted by Crippen LogP contribution is 2.33. The number of aliphatic carboxylic acids is 1. The van der Waals surface area contributed by atoms with E-state index in [4.69, 9.17) is 5.11 Å². The topological polar surface area (TPSA) is 83.5 Å². The monoisotopic (exact) mass is 371 g/mol. The third-order valence-electron chi connectivity index (χ3n) is 3.08. The van der Waals surface area contributed by atoms with Crippen LogP contribution in [0.5, 0.6) is 0 Å². The second-order valence-corrected chi connectivity index (χ2v) is 6.57. The van der Waals surface area contributed by atoms with E-state index in [1.54, 1.807) is 6.07 Å². The van der Waals surface area contributed by atoms with Crippen molar-refractivity contribution in [2.45, 2.75) is 11.1 Å². The predicted octanol–water partition coefficient (Wildman–Crippen LogP) is 3.60. The quantitative estimate of drug-likeness (QED) is 0.787. The van der Waals surface area contributed by atoms with Gasteiger partial charge in [-0.3, -0.25) is 4.72 Å². The third-order valence-corrected chi connectivity index (χ3v) is 4.46. The minimum atomic E-state index is -4.65. The summed E-state index contributed by atoms with van der Waals surface area (Å²) >= 11 is 0. The number of alkyl halides is 3. The van der Waals surface area contributed by atoms with E-state index in [0.29, 0.717) is 18.2 Å². The van der Waals surface area contributed by atoms with Crippen LogP contribution in [0.25, 0.3) is 6.08 Å². The first kappa shape index (κ1) is 18.5. The highest BCUT2D eigenvalue weighted by atomic mass is 32.2. The van der Waals surface area contributed by atoms with Gasteiger partial charge in [0.2, 0.25) is 0 Å². The maximum Gasteiger partial charge on any atom is 0.416 e. The molecule has 0 bridgehead atoms. The molecule has 2 rings (SSSR count). The number of halogens is 3. The number of hydrogen-bond donors (Lipinski definition) is 2. The molecule has 0 saturated carbocycles. The van der Waals surface area contributed by atoms with E-state index in [9.17, 15) is 26.4 Å². The van der Waals surface area contributed by atoms with E-state index in [1.165, 1.54) is 24.3 Å². The van der Waals surface area contributed by atoms with E-state index in [2.05, 4.69) is 4.72 Å². The zero-order valence-electron chi connectivity index (χ0n) is 12.5. The van der Waals surface area contributed by atoms with Gasteiger partial charge in [-0.1, -0.05) is 18.2 Å². The van der Waals surface area contributed by atoms with Gasteiger partial charge in [0.1, 0.15) is 0 Å². The number of nitrogens with one attached hydrogen (secondary N) is 1. The summed E-state index contributed by atoms with van der Waals surface area (Å²) in [6.07, 6.45) is -3.14. The molecule has 0 saturated heterocycles. The molecule has 0 aromatic heterocycles. The molecular weight excluding hydrogens is 359 g/mol. The maximum atomic E-state index is 12.8. The van der Waals surface area contributed by atoms with Crippen LogP contribution in [0.1, 0.15) is 11.1 Å². The molecule has 9 heteroatoms. The number of carboxylic acids is 1. The van der Waals surface area contributed by atoms with Gasteiger partial charge in [0.25, 0.3) is 10.0 Å². The van der Waals surface area contributed by atoms with Crippen LogP contribution < -0.4 is 4.72 Å². The minimum Gasteiger partial charge on any atom is -0.478 e. The Bertz CT molecular complexity index is 907. The number of benzene rings is 2. The first-order chi connectivity index (χ1) is 11.6. The molecule has 0 amide bonds. The molecule has 0 radical (unpaired) electrons. The van der Waals surface area contributed by atoms with Crippen LogP contribution in [0.2, 0.25) is 0 Å². The zero-order chi connectivity index (χ0) is 18.7. The van der Waals surface area contributed by atoms with Gasteiger partial charge in [-0.2, -0.15) is 13.2 Å². The van der Waals surface area contributed by atoms with E-state index < -0.39 is 27.7 Å². The van der Waals surface area contributed by atoms with Gasteiger partial charge in [0.05, 0.1) is 16.1 Å². The molecule has 0 heterocycles. The van der Waals surface area contributed by atoms with Gasteiger partial charge in [0, 0.05) is 6.08 Å². The van der Waals surface area contributed by atoms with Crippen molar-refractivity contribution in [2.75, 3.05) is 4.72 Å². The Morgan fingerprint density at radius 1 is 1.08 bits per heavy atom. The number of hydrogen-bond acceptors (Lipinski definition) is 3. The lowest BCUT2D eigenvalue weighted by atomic mass is 10.1. The van der Waals surface area contributed by atoms with Crippen LogP contribution >= 0.6 is 0 Å². The van der Waals surface area contributed by atoms with Gasteiger partial charge >= 0.3 is 12.1 Å². The van der Waals surface area contributed by atoms with Crippen molar-refractivity contribution in [3.8, 4) is 0 Å². The van der Waals surface area contributed by atoms with Gasteiger partial charge in [-0.25, -0.2) is 13.2 Å². The summed E-state index contributed by atoms with van der Waals surface area (Å²) in [6, 6.07) is 9.55. The molecule has 0 aliphatic carbocycles. The van der Waals surface area contributed by atoms with E-state index in [0.717, 1.165) is 12.1 Å². The molecule has 0 aliphatic heterocycles. The van der Waals surface area contributed by atoms with Crippen molar-refractivity contribution in [3.05, 3.63) is 65.7 Å². The Morgan fingerprint density at radius 3 is 2.28 bits per heavy atom. The lowest BCUT2D eigenvalue weighted by Crippen LogP contribution is -2.14. The highest BCUT2D eigenvalue weighted by molar-refractivity contribution is 7.92. The van der Waals surface area contributed by atoms with Crippen LogP contribution in [0.4, 0.5) is 18.9 Å². The van der Waals surface area contributed by atoms with Gasteiger partial charge in [-0.05, 0) is 42.0 Å². The molecule has 2 aromatic carbocycles. The summed E-state index contributed by atoms with van der Waals surface area (Å²) in [5, 5.41) is 8.66. The average Bonchev–Trinajstić information content (AvgIpc) is 2.53. The lowest BCUT2D eigenvalue weighted by Gasteiger charge is -2.13. The van der Waals surface area contributed by atoms with Crippen LogP contribution in [-0.2, 0) is 21.0 Å². The second-order valence-electron chi connectivity index (χ2n) is 4.89. The number of rotatable bonds is 5. The summed E-state index contributed by atoms with van der Waals surface area (Å²) in [5.41, 5.74) is -1.42. The van der Waals surface area contributed by atoms with Crippen LogP contribution in [0.15, 0.2) is 59.5 Å². The fraction of sp³-hybridized carbons (Fsp3) is 0.0625. The number of anilines is 1. The summed E-state index contributed by atoms with van der Waals surface area (Å²) in [6.45, 7) is 0. The van der Waals surface area contributed by atoms with Crippen molar-refractivity contribution in [1.82, 2.24) is 0 Å². The number of sulfonamides is 1. The van der Waals surface area contributed by atoms with Crippen molar-refractivity contribution < 1.29 is 31.5 Å². The molecule has 2 aromatic rings. The fourth-order valence-corrected chi connectivity index (χ4v) is 3.04. The Morgan fingerprint density at radius 2 is 1.72 bits per heavy atom. The first-order valence-corrected chi connectivity index (χ1v) is 8.28. The summed E-state index contributed by atoms with van der Waals surface area (Å²) in [4.78, 5) is 10.5.